The van der Waals surface area contributed by atoms with Crippen LogP contribution in [0.15, 0.2) is 18.2 Å². The second kappa shape index (κ2) is 3.96. The quantitative estimate of drug-likeness (QED) is 0.730. The van der Waals surface area contributed by atoms with Crippen LogP contribution >= 0.6 is 0 Å². The maximum absolute atomic E-state index is 13.1. The summed E-state index contributed by atoms with van der Waals surface area (Å²) < 4.78 is 13.1. The normalized spacial score (nSPS) is 17.5. The van der Waals surface area contributed by atoms with Crippen LogP contribution in [-0.4, -0.2) is 18.0 Å². The fourth-order valence-electron chi connectivity index (χ4n) is 1.90. The van der Waals surface area contributed by atoms with Gasteiger partial charge in [0.25, 0.3) is 0 Å². The van der Waals surface area contributed by atoms with Crippen molar-refractivity contribution in [2.24, 2.45) is 0 Å². The van der Waals surface area contributed by atoms with E-state index < -0.39 is 0 Å². The molecule has 0 spiro atoms. The standard InChI is InChI=1S/C11H15FN2/c12-10-5-3-4-9(11(10)13)8-14-6-1-2-7-14/h3-5H,1-2,6-8,13H2. The Kier molecular flexibility index (Phi) is 2.68. The molecule has 2 N–H and O–H groups in total. The first-order valence-electron chi connectivity index (χ1n) is 5.02. The molecule has 2 rings (SSSR count). The summed E-state index contributed by atoms with van der Waals surface area (Å²) in [5.41, 5.74) is 6.87. The Hall–Kier alpha value is -1.09. The molecule has 3 heteroatoms. The Morgan fingerprint density at radius 3 is 2.71 bits per heavy atom. The summed E-state index contributed by atoms with van der Waals surface area (Å²) in [6, 6.07) is 5.02. The molecule has 1 fully saturated rings. The highest BCUT2D eigenvalue weighted by Gasteiger charge is 2.13. The molecule has 0 radical (unpaired) electrons. The molecule has 0 amide bonds. The second-order valence-electron chi connectivity index (χ2n) is 3.80. The lowest BCUT2D eigenvalue weighted by molar-refractivity contribution is 0.331. The Morgan fingerprint density at radius 2 is 2.00 bits per heavy atom. The monoisotopic (exact) mass is 194 g/mol. The van der Waals surface area contributed by atoms with Gasteiger partial charge in [-0.2, -0.15) is 0 Å². The van der Waals surface area contributed by atoms with E-state index in [9.17, 15) is 4.39 Å². The van der Waals surface area contributed by atoms with Gasteiger partial charge in [0, 0.05) is 6.54 Å². The minimum Gasteiger partial charge on any atom is -0.396 e. The first kappa shape index (κ1) is 9.46. The fourth-order valence-corrected chi connectivity index (χ4v) is 1.90. The van der Waals surface area contributed by atoms with Crippen LogP contribution in [0, 0.1) is 5.82 Å². The summed E-state index contributed by atoms with van der Waals surface area (Å²) in [5, 5.41) is 0. The van der Waals surface area contributed by atoms with Gasteiger partial charge in [0.15, 0.2) is 0 Å². The van der Waals surface area contributed by atoms with Gasteiger partial charge in [0.05, 0.1) is 5.69 Å². The van der Waals surface area contributed by atoms with Gasteiger partial charge >= 0.3 is 0 Å². The number of hydrogen-bond donors (Lipinski definition) is 1. The largest absolute Gasteiger partial charge is 0.396 e. The molecule has 1 aliphatic rings. The summed E-state index contributed by atoms with van der Waals surface area (Å²) in [6.45, 7) is 3.00. The van der Waals surface area contributed by atoms with Gasteiger partial charge < -0.3 is 5.73 Å². The van der Waals surface area contributed by atoms with Gasteiger partial charge in [-0.3, -0.25) is 4.90 Å². The summed E-state index contributed by atoms with van der Waals surface area (Å²) >= 11 is 0. The van der Waals surface area contributed by atoms with E-state index in [2.05, 4.69) is 4.90 Å². The summed E-state index contributed by atoms with van der Waals surface area (Å²) in [5.74, 6) is -0.304. The van der Waals surface area contributed by atoms with E-state index in [0.717, 1.165) is 25.2 Å². The predicted molar refractivity (Wildman–Crippen MR) is 55.3 cm³/mol. The zero-order chi connectivity index (χ0) is 9.97. The van der Waals surface area contributed by atoms with Crippen molar-refractivity contribution in [1.82, 2.24) is 4.90 Å². The van der Waals surface area contributed by atoms with E-state index in [1.54, 1.807) is 6.07 Å². The van der Waals surface area contributed by atoms with E-state index in [4.69, 9.17) is 5.73 Å². The number of nitrogens with zero attached hydrogens (tertiary/aromatic N) is 1. The molecule has 0 bridgehead atoms. The van der Waals surface area contributed by atoms with Gasteiger partial charge in [-0.15, -0.1) is 0 Å². The Morgan fingerprint density at radius 1 is 1.29 bits per heavy atom. The van der Waals surface area contributed by atoms with Gasteiger partial charge in [0.2, 0.25) is 0 Å². The Balaban J connectivity index is 2.11. The number of para-hydroxylation sites is 1. The molecule has 1 heterocycles. The summed E-state index contributed by atoms with van der Waals surface area (Å²) in [4.78, 5) is 2.31. The number of benzene rings is 1. The number of hydrogen-bond acceptors (Lipinski definition) is 2. The van der Waals surface area contributed by atoms with Crippen LogP contribution in [0.25, 0.3) is 0 Å². The van der Waals surface area contributed by atoms with Crippen LogP contribution < -0.4 is 5.73 Å². The molecule has 76 valence electrons. The van der Waals surface area contributed by atoms with Crippen molar-refractivity contribution in [1.29, 1.82) is 0 Å². The van der Waals surface area contributed by atoms with E-state index in [1.807, 2.05) is 6.07 Å². The molecule has 1 aliphatic heterocycles. The topological polar surface area (TPSA) is 29.3 Å². The first-order chi connectivity index (χ1) is 6.77. The van der Waals surface area contributed by atoms with Gasteiger partial charge in [-0.1, -0.05) is 12.1 Å². The van der Waals surface area contributed by atoms with Crippen LogP contribution in [0.4, 0.5) is 10.1 Å². The van der Waals surface area contributed by atoms with E-state index in [1.165, 1.54) is 18.9 Å². The highest BCUT2D eigenvalue weighted by atomic mass is 19.1. The SMILES string of the molecule is Nc1c(F)cccc1CN1CCCC1. The number of nitrogens with two attached hydrogens (primary N) is 1. The minimum atomic E-state index is -0.304. The second-order valence-corrected chi connectivity index (χ2v) is 3.80. The zero-order valence-electron chi connectivity index (χ0n) is 8.17. The number of nitrogen functional groups attached to an aromatic ring is 1. The third-order valence-corrected chi connectivity index (χ3v) is 2.74. The van der Waals surface area contributed by atoms with Crippen molar-refractivity contribution in [2.45, 2.75) is 19.4 Å². The van der Waals surface area contributed by atoms with Gasteiger partial charge in [0.1, 0.15) is 5.82 Å². The lowest BCUT2D eigenvalue weighted by Crippen LogP contribution is -2.19. The van der Waals surface area contributed by atoms with E-state index in [-0.39, 0.29) is 5.82 Å². The number of likely N-dealkylation sites (tertiary alicyclic amines) is 1. The van der Waals surface area contributed by atoms with Gasteiger partial charge in [-0.25, -0.2) is 4.39 Å². The molecule has 1 saturated heterocycles. The van der Waals surface area contributed by atoms with Crippen molar-refractivity contribution < 1.29 is 4.39 Å². The molecule has 0 atom stereocenters. The molecule has 2 nitrogen and oxygen atoms in total. The van der Waals surface area contributed by atoms with Crippen LogP contribution in [0.2, 0.25) is 0 Å². The number of rotatable bonds is 2. The average Bonchev–Trinajstić information content (AvgIpc) is 2.66. The third kappa shape index (κ3) is 1.87. The van der Waals surface area contributed by atoms with Crippen molar-refractivity contribution in [3.8, 4) is 0 Å². The smallest absolute Gasteiger partial charge is 0.146 e. The molecule has 0 aromatic heterocycles. The Labute approximate surface area is 83.5 Å². The molecular weight excluding hydrogens is 179 g/mol. The third-order valence-electron chi connectivity index (χ3n) is 2.74. The zero-order valence-corrected chi connectivity index (χ0v) is 8.17. The predicted octanol–water partition coefficient (Wildman–Crippen LogP) is 2.00. The Bertz CT molecular complexity index is 319. The number of anilines is 1. The first-order valence-corrected chi connectivity index (χ1v) is 5.02. The molecule has 14 heavy (non-hydrogen) atoms. The van der Waals surface area contributed by atoms with Crippen molar-refractivity contribution >= 4 is 5.69 Å². The highest BCUT2D eigenvalue weighted by molar-refractivity contribution is 5.47. The highest BCUT2D eigenvalue weighted by Crippen LogP contribution is 2.19. The molecule has 0 saturated carbocycles. The summed E-state index contributed by atoms with van der Waals surface area (Å²) in [6.07, 6.45) is 2.49. The van der Waals surface area contributed by atoms with Crippen molar-refractivity contribution in [3.63, 3.8) is 0 Å². The lowest BCUT2D eigenvalue weighted by Gasteiger charge is -2.15. The van der Waals surface area contributed by atoms with Crippen LogP contribution in [-0.2, 0) is 6.54 Å². The average molecular weight is 194 g/mol. The molecule has 1 aromatic rings. The number of halogens is 1. The van der Waals surface area contributed by atoms with Crippen LogP contribution in [0.3, 0.4) is 0 Å². The lowest BCUT2D eigenvalue weighted by atomic mass is 10.1. The molecule has 1 aromatic carbocycles. The maximum atomic E-state index is 13.1. The maximum Gasteiger partial charge on any atom is 0.146 e. The molecule has 0 aliphatic carbocycles. The summed E-state index contributed by atoms with van der Waals surface area (Å²) in [7, 11) is 0. The minimum absolute atomic E-state index is 0.304. The van der Waals surface area contributed by atoms with Crippen molar-refractivity contribution in [3.05, 3.63) is 29.6 Å². The fraction of sp³-hybridized carbons (Fsp3) is 0.455. The van der Waals surface area contributed by atoms with Crippen molar-refractivity contribution in [2.75, 3.05) is 18.8 Å². The van der Waals surface area contributed by atoms with Crippen LogP contribution in [0.1, 0.15) is 18.4 Å². The van der Waals surface area contributed by atoms with Gasteiger partial charge in [-0.05, 0) is 37.6 Å². The van der Waals surface area contributed by atoms with Crippen LogP contribution in [0.5, 0.6) is 0 Å². The molecular formula is C11H15FN2. The van der Waals surface area contributed by atoms with E-state index in [0.29, 0.717) is 5.69 Å². The van der Waals surface area contributed by atoms with E-state index >= 15 is 0 Å². The molecule has 0 unspecified atom stereocenters.